The molecule has 0 N–H and O–H groups in total. The second kappa shape index (κ2) is 4.92. The van der Waals surface area contributed by atoms with Gasteiger partial charge in [-0.2, -0.15) is 0 Å². The van der Waals surface area contributed by atoms with Crippen LogP contribution in [0, 0.1) is 5.92 Å². The van der Waals surface area contributed by atoms with E-state index in [-0.39, 0.29) is 28.9 Å². The fraction of sp³-hybridized carbons (Fsp3) is 0.917. The number of fused-ring (bicyclic) bond motifs is 2. The van der Waals surface area contributed by atoms with Crippen molar-refractivity contribution in [2.45, 2.75) is 30.6 Å². The number of nitrogens with zero attached hydrogens (tertiary/aromatic N) is 2. The highest BCUT2D eigenvalue weighted by molar-refractivity contribution is 7.92. The molecule has 2 atom stereocenters. The van der Waals surface area contributed by atoms with Crippen LogP contribution in [0.25, 0.3) is 0 Å². The molecule has 7 nitrogen and oxygen atoms in total. The lowest BCUT2D eigenvalue weighted by Gasteiger charge is -2.34. The van der Waals surface area contributed by atoms with Gasteiger partial charge in [0.05, 0.1) is 17.3 Å². The monoisotopic (exact) mass is 336 g/mol. The van der Waals surface area contributed by atoms with Gasteiger partial charge in [-0.25, -0.2) is 21.1 Å². The van der Waals surface area contributed by atoms with Crippen LogP contribution in [0.4, 0.5) is 0 Å². The summed E-state index contributed by atoms with van der Waals surface area (Å²) in [4.78, 5) is 14.2. The van der Waals surface area contributed by atoms with Gasteiger partial charge in [0, 0.05) is 31.6 Å². The van der Waals surface area contributed by atoms with Crippen LogP contribution >= 0.6 is 0 Å². The zero-order valence-corrected chi connectivity index (χ0v) is 13.6. The Balaban J connectivity index is 1.62. The molecular weight excluding hydrogens is 316 g/mol. The number of hydrogen-bond acceptors (Lipinski definition) is 5. The molecule has 3 saturated heterocycles. The van der Waals surface area contributed by atoms with Gasteiger partial charge in [0.2, 0.25) is 15.9 Å². The second-order valence-electron chi connectivity index (χ2n) is 6.27. The summed E-state index contributed by atoms with van der Waals surface area (Å²) in [6, 6.07) is -0.166. The minimum atomic E-state index is -3.19. The number of sulfonamides is 1. The maximum Gasteiger partial charge on any atom is 0.226 e. The van der Waals surface area contributed by atoms with Crippen LogP contribution in [0.3, 0.4) is 0 Å². The molecule has 0 aromatic carbocycles. The summed E-state index contributed by atoms with van der Waals surface area (Å²) in [5.74, 6) is -0.0819. The third kappa shape index (κ3) is 2.70. The van der Waals surface area contributed by atoms with Gasteiger partial charge in [0.1, 0.15) is 0 Å². The third-order valence-corrected chi connectivity index (χ3v) is 8.37. The van der Waals surface area contributed by atoms with Crippen molar-refractivity contribution in [3.63, 3.8) is 0 Å². The van der Waals surface area contributed by atoms with E-state index in [1.165, 1.54) is 10.6 Å². The zero-order valence-electron chi connectivity index (χ0n) is 11.9. The summed E-state index contributed by atoms with van der Waals surface area (Å²) < 4.78 is 47.7. The van der Waals surface area contributed by atoms with Gasteiger partial charge in [0.25, 0.3) is 0 Å². The Morgan fingerprint density at radius 2 is 1.81 bits per heavy atom. The smallest absolute Gasteiger partial charge is 0.226 e. The number of carbonyl (C=O) groups excluding carboxylic acids is 1. The van der Waals surface area contributed by atoms with Crippen molar-refractivity contribution in [2.24, 2.45) is 5.92 Å². The van der Waals surface area contributed by atoms with Gasteiger partial charge < -0.3 is 4.90 Å². The van der Waals surface area contributed by atoms with Gasteiger partial charge in [-0.15, -0.1) is 0 Å². The first-order chi connectivity index (χ1) is 9.68. The van der Waals surface area contributed by atoms with Gasteiger partial charge in [-0.3, -0.25) is 4.79 Å². The highest BCUT2D eigenvalue weighted by Gasteiger charge is 2.51. The van der Waals surface area contributed by atoms with Crippen molar-refractivity contribution in [3.8, 4) is 0 Å². The molecule has 1 amide bonds. The Hall–Kier alpha value is -0.670. The van der Waals surface area contributed by atoms with Crippen molar-refractivity contribution >= 4 is 25.8 Å². The Bertz CT molecular complexity index is 649. The molecule has 3 rings (SSSR count). The van der Waals surface area contributed by atoms with E-state index >= 15 is 0 Å². The van der Waals surface area contributed by atoms with Crippen LogP contribution in [0.15, 0.2) is 0 Å². The Morgan fingerprint density at radius 3 is 2.24 bits per heavy atom. The molecule has 3 heterocycles. The number of likely N-dealkylation sites (tertiary alicyclic amines) is 1. The number of carbonyl (C=O) groups is 1. The molecule has 21 heavy (non-hydrogen) atoms. The standard InChI is InChI=1S/C12H20N2O5S2/c1-20(16,17)13-4-2-9(3-5-13)12(15)14-7-11-6-10(14)8-21(11,18)19/h9-11H,2-8H2,1H3. The molecule has 0 spiro atoms. The maximum atomic E-state index is 12.5. The maximum absolute atomic E-state index is 12.5. The number of sulfone groups is 1. The molecule has 0 aliphatic carbocycles. The predicted octanol–water partition coefficient (Wildman–Crippen LogP) is -0.944. The largest absolute Gasteiger partial charge is 0.337 e. The summed E-state index contributed by atoms with van der Waals surface area (Å²) in [6.07, 6.45) is 2.79. The summed E-state index contributed by atoms with van der Waals surface area (Å²) in [6.45, 7) is 1.06. The topological polar surface area (TPSA) is 91.8 Å². The van der Waals surface area contributed by atoms with Crippen molar-refractivity contribution in [1.82, 2.24) is 9.21 Å². The number of piperidine rings is 1. The number of amides is 1. The van der Waals surface area contributed by atoms with Crippen molar-refractivity contribution in [2.75, 3.05) is 31.6 Å². The van der Waals surface area contributed by atoms with E-state index < -0.39 is 19.9 Å². The molecule has 3 fully saturated rings. The van der Waals surface area contributed by atoms with Gasteiger partial charge in [-0.05, 0) is 19.3 Å². The number of rotatable bonds is 2. The Labute approximate surface area is 125 Å². The molecule has 2 bridgehead atoms. The van der Waals surface area contributed by atoms with Crippen LogP contribution in [-0.2, 0) is 24.7 Å². The van der Waals surface area contributed by atoms with E-state index in [2.05, 4.69) is 0 Å². The molecule has 3 aliphatic heterocycles. The SMILES string of the molecule is CS(=O)(=O)N1CCC(C(=O)N2CC3CC2CS3(=O)=O)CC1. The molecule has 2 unspecified atom stereocenters. The van der Waals surface area contributed by atoms with E-state index in [0.717, 1.165) is 0 Å². The van der Waals surface area contributed by atoms with E-state index in [9.17, 15) is 21.6 Å². The third-order valence-electron chi connectivity index (χ3n) is 4.86. The van der Waals surface area contributed by atoms with Crippen LogP contribution in [0.5, 0.6) is 0 Å². The molecule has 3 aliphatic rings. The van der Waals surface area contributed by atoms with Crippen molar-refractivity contribution in [1.29, 1.82) is 0 Å². The molecule has 120 valence electrons. The van der Waals surface area contributed by atoms with Gasteiger partial charge >= 0.3 is 0 Å². The summed E-state index contributed by atoms with van der Waals surface area (Å²) >= 11 is 0. The van der Waals surface area contributed by atoms with E-state index in [0.29, 0.717) is 38.9 Å². The molecule has 9 heteroatoms. The normalized spacial score (nSPS) is 33.5. The summed E-state index contributed by atoms with van der Waals surface area (Å²) in [5.41, 5.74) is 0. The molecular formula is C12H20N2O5S2. The zero-order chi connectivity index (χ0) is 15.4. The van der Waals surface area contributed by atoms with Gasteiger partial charge in [-0.1, -0.05) is 0 Å². The minimum absolute atomic E-state index is 0.00514. The first-order valence-electron chi connectivity index (χ1n) is 7.15. The summed E-state index contributed by atoms with van der Waals surface area (Å²) in [5, 5.41) is -0.387. The van der Waals surface area contributed by atoms with Crippen LogP contribution in [0.2, 0.25) is 0 Å². The fourth-order valence-corrected chi connectivity index (χ4v) is 6.54. The first kappa shape index (κ1) is 15.2. The molecule has 0 aromatic heterocycles. The van der Waals surface area contributed by atoms with Crippen LogP contribution < -0.4 is 0 Å². The summed E-state index contributed by atoms with van der Waals surface area (Å²) in [7, 11) is -6.18. The minimum Gasteiger partial charge on any atom is -0.337 e. The quantitative estimate of drug-likeness (QED) is 0.649. The van der Waals surface area contributed by atoms with Crippen molar-refractivity contribution in [3.05, 3.63) is 0 Å². The van der Waals surface area contributed by atoms with E-state index in [4.69, 9.17) is 0 Å². The van der Waals surface area contributed by atoms with E-state index in [1.807, 2.05) is 0 Å². The Kier molecular flexibility index (Phi) is 3.57. The lowest BCUT2D eigenvalue weighted by atomic mass is 9.96. The first-order valence-corrected chi connectivity index (χ1v) is 10.7. The number of hydrogen-bond donors (Lipinski definition) is 0. The molecule has 0 saturated carbocycles. The second-order valence-corrected chi connectivity index (χ2v) is 10.6. The predicted molar refractivity (Wildman–Crippen MR) is 76.8 cm³/mol. The van der Waals surface area contributed by atoms with Crippen LogP contribution in [-0.4, -0.2) is 74.9 Å². The van der Waals surface area contributed by atoms with E-state index in [1.54, 1.807) is 4.90 Å². The Morgan fingerprint density at radius 1 is 1.19 bits per heavy atom. The van der Waals surface area contributed by atoms with Gasteiger partial charge in [0.15, 0.2) is 9.84 Å². The van der Waals surface area contributed by atoms with Crippen LogP contribution in [0.1, 0.15) is 19.3 Å². The molecule has 0 aromatic rings. The lowest BCUT2D eigenvalue weighted by molar-refractivity contribution is -0.137. The molecule has 0 radical (unpaired) electrons. The average Bonchev–Trinajstić information content (AvgIpc) is 2.92. The van der Waals surface area contributed by atoms with Crippen molar-refractivity contribution < 1.29 is 21.6 Å². The average molecular weight is 336 g/mol. The highest BCUT2D eigenvalue weighted by Crippen LogP contribution is 2.35. The lowest BCUT2D eigenvalue weighted by Crippen LogP contribution is -2.49. The highest BCUT2D eigenvalue weighted by atomic mass is 32.2. The fourth-order valence-electron chi connectivity index (χ4n) is 3.63.